The number of nitrogens with two attached hydrogens (primary N) is 1. The highest BCUT2D eigenvalue weighted by Crippen LogP contribution is 2.33. The van der Waals surface area contributed by atoms with E-state index in [-0.39, 0.29) is 11.9 Å². The standard InChI is InChI=1S/C12H10Br2FNS/c1-6-8(5-11(14)17-6)12(16)7-2-3-10(15)9(13)4-7/h2-5,12H,16H2,1H3. The van der Waals surface area contributed by atoms with E-state index in [0.29, 0.717) is 4.47 Å². The molecule has 2 rings (SSSR count). The van der Waals surface area contributed by atoms with Gasteiger partial charge in [-0.25, -0.2) is 4.39 Å². The molecule has 5 heteroatoms. The number of halogens is 3. The van der Waals surface area contributed by atoms with Gasteiger partial charge in [-0.15, -0.1) is 11.3 Å². The van der Waals surface area contributed by atoms with Crippen molar-refractivity contribution in [3.05, 3.63) is 54.3 Å². The summed E-state index contributed by atoms with van der Waals surface area (Å²) in [5.74, 6) is -0.274. The monoisotopic (exact) mass is 377 g/mol. The van der Waals surface area contributed by atoms with Gasteiger partial charge in [0.2, 0.25) is 0 Å². The van der Waals surface area contributed by atoms with Crippen LogP contribution in [-0.2, 0) is 0 Å². The molecule has 2 aromatic rings. The highest BCUT2D eigenvalue weighted by Gasteiger charge is 2.15. The Kier molecular flexibility index (Phi) is 4.02. The van der Waals surface area contributed by atoms with Gasteiger partial charge in [-0.2, -0.15) is 0 Å². The van der Waals surface area contributed by atoms with Gasteiger partial charge in [-0.1, -0.05) is 6.07 Å². The summed E-state index contributed by atoms with van der Waals surface area (Å²) in [7, 11) is 0. The summed E-state index contributed by atoms with van der Waals surface area (Å²) in [5, 5.41) is 0. The second kappa shape index (κ2) is 5.18. The number of benzene rings is 1. The molecule has 0 bridgehead atoms. The molecule has 0 radical (unpaired) electrons. The van der Waals surface area contributed by atoms with E-state index >= 15 is 0 Å². The van der Waals surface area contributed by atoms with Gasteiger partial charge in [-0.05, 0) is 68.1 Å². The van der Waals surface area contributed by atoms with Gasteiger partial charge in [0.1, 0.15) is 5.82 Å². The minimum absolute atomic E-state index is 0.227. The van der Waals surface area contributed by atoms with E-state index in [0.717, 1.165) is 14.9 Å². The fourth-order valence-corrected chi connectivity index (χ4v) is 3.81. The van der Waals surface area contributed by atoms with Crippen molar-refractivity contribution in [2.24, 2.45) is 5.73 Å². The first-order valence-electron chi connectivity index (χ1n) is 4.95. The van der Waals surface area contributed by atoms with Crippen LogP contribution in [0.25, 0.3) is 0 Å². The van der Waals surface area contributed by atoms with Crippen molar-refractivity contribution in [1.29, 1.82) is 0 Å². The van der Waals surface area contributed by atoms with Crippen LogP contribution in [0.5, 0.6) is 0 Å². The maximum atomic E-state index is 13.2. The minimum atomic E-state index is -0.274. The number of hydrogen-bond donors (Lipinski definition) is 1. The summed E-state index contributed by atoms with van der Waals surface area (Å²) in [6.07, 6.45) is 0. The molecule has 90 valence electrons. The maximum absolute atomic E-state index is 13.2. The van der Waals surface area contributed by atoms with Gasteiger partial charge in [0.25, 0.3) is 0 Å². The lowest BCUT2D eigenvalue weighted by molar-refractivity contribution is 0.619. The van der Waals surface area contributed by atoms with Crippen LogP contribution in [0.3, 0.4) is 0 Å². The first-order valence-corrected chi connectivity index (χ1v) is 7.35. The van der Waals surface area contributed by atoms with E-state index in [1.54, 1.807) is 23.5 Å². The lowest BCUT2D eigenvalue weighted by Gasteiger charge is -2.12. The molecule has 1 aromatic heterocycles. The van der Waals surface area contributed by atoms with Crippen molar-refractivity contribution in [1.82, 2.24) is 0 Å². The Morgan fingerprint density at radius 3 is 2.53 bits per heavy atom. The molecule has 17 heavy (non-hydrogen) atoms. The molecule has 0 amide bonds. The number of hydrogen-bond acceptors (Lipinski definition) is 2. The normalized spacial score (nSPS) is 12.8. The van der Waals surface area contributed by atoms with E-state index < -0.39 is 0 Å². The molecule has 1 aromatic carbocycles. The molecule has 0 aliphatic heterocycles. The minimum Gasteiger partial charge on any atom is -0.320 e. The molecule has 1 heterocycles. The highest BCUT2D eigenvalue weighted by atomic mass is 79.9. The van der Waals surface area contributed by atoms with Crippen molar-refractivity contribution < 1.29 is 4.39 Å². The molecule has 1 unspecified atom stereocenters. The van der Waals surface area contributed by atoms with Crippen molar-refractivity contribution in [2.75, 3.05) is 0 Å². The third-order valence-corrected chi connectivity index (χ3v) is 4.74. The predicted molar refractivity (Wildman–Crippen MR) is 76.9 cm³/mol. The topological polar surface area (TPSA) is 26.0 Å². The molecule has 0 saturated heterocycles. The number of rotatable bonds is 2. The molecule has 0 spiro atoms. The Labute approximate surface area is 120 Å². The zero-order valence-corrected chi connectivity index (χ0v) is 13.0. The third kappa shape index (κ3) is 2.78. The summed E-state index contributed by atoms with van der Waals surface area (Å²) in [5.41, 5.74) is 8.16. The Balaban J connectivity index is 2.40. The van der Waals surface area contributed by atoms with Gasteiger partial charge < -0.3 is 5.73 Å². The van der Waals surface area contributed by atoms with Gasteiger partial charge >= 0.3 is 0 Å². The Bertz CT molecular complexity index is 553. The Hall–Kier alpha value is -0.230. The van der Waals surface area contributed by atoms with Crippen LogP contribution in [0, 0.1) is 12.7 Å². The smallest absolute Gasteiger partial charge is 0.137 e. The molecule has 2 N–H and O–H groups in total. The summed E-state index contributed by atoms with van der Waals surface area (Å²) in [6, 6.07) is 6.66. The zero-order chi connectivity index (χ0) is 12.6. The second-order valence-electron chi connectivity index (χ2n) is 3.71. The van der Waals surface area contributed by atoms with Crippen molar-refractivity contribution in [2.45, 2.75) is 13.0 Å². The lowest BCUT2D eigenvalue weighted by atomic mass is 10.0. The first-order chi connectivity index (χ1) is 7.99. The largest absolute Gasteiger partial charge is 0.320 e. The van der Waals surface area contributed by atoms with E-state index in [1.165, 1.54) is 10.9 Å². The Morgan fingerprint density at radius 2 is 2.00 bits per heavy atom. The molecule has 0 fully saturated rings. The lowest BCUT2D eigenvalue weighted by Crippen LogP contribution is -2.12. The van der Waals surface area contributed by atoms with E-state index in [2.05, 4.69) is 31.9 Å². The van der Waals surface area contributed by atoms with Gasteiger partial charge in [0.05, 0.1) is 14.3 Å². The molecule has 0 aliphatic rings. The van der Waals surface area contributed by atoms with Crippen LogP contribution < -0.4 is 5.73 Å². The molecular weight excluding hydrogens is 369 g/mol. The van der Waals surface area contributed by atoms with Gasteiger partial charge in [0, 0.05) is 4.88 Å². The van der Waals surface area contributed by atoms with E-state index in [4.69, 9.17) is 5.73 Å². The van der Waals surface area contributed by atoms with Crippen molar-refractivity contribution in [3.8, 4) is 0 Å². The van der Waals surface area contributed by atoms with Crippen LogP contribution >= 0.6 is 43.2 Å². The molecule has 0 aliphatic carbocycles. The van der Waals surface area contributed by atoms with Crippen molar-refractivity contribution in [3.63, 3.8) is 0 Å². The van der Waals surface area contributed by atoms with Crippen LogP contribution in [-0.4, -0.2) is 0 Å². The predicted octanol–water partition coefficient (Wildman–Crippen LogP) is 4.77. The second-order valence-corrected chi connectivity index (χ2v) is 7.20. The molecule has 1 atom stereocenters. The maximum Gasteiger partial charge on any atom is 0.137 e. The van der Waals surface area contributed by atoms with Crippen LogP contribution in [0.1, 0.15) is 22.0 Å². The van der Waals surface area contributed by atoms with Gasteiger partial charge in [0.15, 0.2) is 0 Å². The highest BCUT2D eigenvalue weighted by molar-refractivity contribution is 9.11. The fraction of sp³-hybridized carbons (Fsp3) is 0.167. The zero-order valence-electron chi connectivity index (χ0n) is 9.01. The van der Waals surface area contributed by atoms with Crippen molar-refractivity contribution >= 4 is 43.2 Å². The van der Waals surface area contributed by atoms with Gasteiger partial charge in [-0.3, -0.25) is 0 Å². The number of thiophene rings is 1. The average molecular weight is 379 g/mol. The summed E-state index contributed by atoms with van der Waals surface area (Å²) in [6.45, 7) is 2.03. The SMILES string of the molecule is Cc1sc(Br)cc1C(N)c1ccc(F)c(Br)c1. The van der Waals surface area contributed by atoms with Crippen LogP contribution in [0.2, 0.25) is 0 Å². The average Bonchev–Trinajstić information content (AvgIpc) is 2.61. The summed E-state index contributed by atoms with van der Waals surface area (Å²) < 4.78 is 14.7. The quantitative estimate of drug-likeness (QED) is 0.800. The van der Waals surface area contributed by atoms with Crippen LogP contribution in [0.15, 0.2) is 32.5 Å². The van der Waals surface area contributed by atoms with E-state index in [1.807, 2.05) is 13.0 Å². The Morgan fingerprint density at radius 1 is 1.29 bits per heavy atom. The third-order valence-electron chi connectivity index (χ3n) is 2.56. The molecule has 1 nitrogen and oxygen atoms in total. The number of aryl methyl sites for hydroxylation is 1. The summed E-state index contributed by atoms with van der Waals surface area (Å²) >= 11 is 8.27. The van der Waals surface area contributed by atoms with E-state index in [9.17, 15) is 4.39 Å². The fourth-order valence-electron chi connectivity index (χ4n) is 1.65. The van der Waals surface area contributed by atoms with Crippen LogP contribution in [0.4, 0.5) is 4.39 Å². The molecular formula is C12H10Br2FNS. The first kappa shape index (κ1) is 13.2. The summed E-state index contributed by atoms with van der Waals surface area (Å²) in [4.78, 5) is 1.17. The molecule has 0 saturated carbocycles.